The first-order valence-electron chi connectivity index (χ1n) is 10.2. The molecular weight excluding hydrogens is 436 g/mol. The van der Waals surface area contributed by atoms with E-state index in [9.17, 15) is 20.4 Å². The fourth-order valence-corrected chi connectivity index (χ4v) is 3.05. The van der Waals surface area contributed by atoms with Gasteiger partial charge in [-0.25, -0.2) is 0 Å². The van der Waals surface area contributed by atoms with E-state index in [2.05, 4.69) is 0 Å². The van der Waals surface area contributed by atoms with E-state index in [1.807, 2.05) is 48.5 Å². The minimum atomic E-state index is -2.33. The highest BCUT2D eigenvalue weighted by atomic mass is 16.6. The number of carbonyl (C=O) groups excluding carboxylic acids is 1. The predicted molar refractivity (Wildman–Crippen MR) is 123 cm³/mol. The number of carbonyl (C=O) groups is 1. The van der Waals surface area contributed by atoms with Crippen LogP contribution in [-0.4, -0.2) is 26.6 Å². The van der Waals surface area contributed by atoms with Gasteiger partial charge in [-0.05, 0) is 52.7 Å². The average Bonchev–Trinajstić information content (AvgIpc) is 2.80. The summed E-state index contributed by atoms with van der Waals surface area (Å²) in [7, 11) is 0. The van der Waals surface area contributed by atoms with Crippen LogP contribution in [0.15, 0.2) is 97.1 Å². The third-order valence-corrected chi connectivity index (χ3v) is 4.73. The zero-order chi connectivity index (χ0) is 24.9. The summed E-state index contributed by atoms with van der Waals surface area (Å²) in [6, 6.07) is 28.6. The van der Waals surface area contributed by atoms with Gasteiger partial charge in [0.05, 0.1) is 0 Å². The van der Waals surface area contributed by atoms with Crippen molar-refractivity contribution in [3.63, 3.8) is 0 Å². The second-order valence-electron chi connectivity index (χ2n) is 7.12. The molecule has 0 atom stereocenters. The smallest absolute Gasteiger partial charge is 0.119 e. The minimum absolute atomic E-state index is 0.265. The van der Waals surface area contributed by atoms with Crippen molar-refractivity contribution in [2.45, 2.75) is 12.8 Å². The van der Waals surface area contributed by atoms with E-state index in [0.717, 1.165) is 22.3 Å². The van der Waals surface area contributed by atoms with E-state index >= 15 is 0 Å². The Bertz CT molecular complexity index is 1020. The molecule has 0 bridgehead atoms. The van der Waals surface area contributed by atoms with Gasteiger partial charge < -0.3 is 35.4 Å². The quantitative estimate of drug-likeness (QED) is 0.366. The summed E-state index contributed by atoms with van der Waals surface area (Å²) in [5, 5.41) is 55.0. The molecule has 0 unspecified atom stereocenters. The highest BCUT2D eigenvalue weighted by Crippen LogP contribution is 2.25. The number of benzene rings is 4. The monoisotopic (exact) mass is 460 g/mol. The molecule has 34 heavy (non-hydrogen) atoms. The van der Waals surface area contributed by atoms with Gasteiger partial charge in [-0.15, -0.1) is 0 Å². The Morgan fingerprint density at radius 2 is 0.647 bits per heavy atom. The molecule has 0 aliphatic heterocycles. The normalized spacial score (nSPS) is 9.65. The van der Waals surface area contributed by atoms with Crippen LogP contribution in [0.4, 0.5) is 4.79 Å². The van der Waals surface area contributed by atoms with Crippen LogP contribution in [-0.2, 0) is 12.8 Å². The number of rotatable bonds is 4. The van der Waals surface area contributed by atoms with E-state index in [1.165, 1.54) is 0 Å². The van der Waals surface area contributed by atoms with E-state index in [4.69, 9.17) is 15.0 Å². The third-order valence-electron chi connectivity index (χ3n) is 4.73. The van der Waals surface area contributed by atoms with Crippen LogP contribution in [0.1, 0.15) is 22.3 Å². The molecule has 4 rings (SSSR count). The van der Waals surface area contributed by atoms with Crippen LogP contribution in [0.5, 0.6) is 23.0 Å². The highest BCUT2D eigenvalue weighted by molar-refractivity contribution is 5.47. The molecule has 0 aromatic heterocycles. The Kier molecular flexibility index (Phi) is 9.81. The van der Waals surface area contributed by atoms with Gasteiger partial charge in [0.15, 0.2) is 0 Å². The Balaban J connectivity index is 0.000000208. The maximum atomic E-state index is 9.58. The SMILES string of the molecule is O=C([O-])[O-].Oc1ccccc1Cc1ccccc1O.Oc1ccccc1Cc1ccccc1O. The Morgan fingerprint density at radius 1 is 0.471 bits per heavy atom. The lowest BCUT2D eigenvalue weighted by molar-refractivity contribution is -0.415. The topological polar surface area (TPSA) is 144 Å². The molecule has 0 aliphatic rings. The summed E-state index contributed by atoms with van der Waals surface area (Å²) in [4.78, 5) is 8.33. The number of aromatic hydroxyl groups is 4. The fourth-order valence-electron chi connectivity index (χ4n) is 3.05. The van der Waals surface area contributed by atoms with Crippen molar-refractivity contribution >= 4 is 6.16 Å². The summed E-state index contributed by atoms with van der Waals surface area (Å²) in [6.07, 6.45) is -1.25. The Morgan fingerprint density at radius 3 is 0.824 bits per heavy atom. The highest BCUT2D eigenvalue weighted by Gasteiger charge is 2.05. The lowest BCUT2D eigenvalue weighted by atomic mass is 10.0. The summed E-state index contributed by atoms with van der Waals surface area (Å²) >= 11 is 0. The molecule has 0 radical (unpaired) electrons. The van der Waals surface area contributed by atoms with E-state index in [-0.39, 0.29) is 23.0 Å². The zero-order valence-electron chi connectivity index (χ0n) is 18.2. The van der Waals surface area contributed by atoms with E-state index < -0.39 is 6.16 Å². The number of para-hydroxylation sites is 4. The van der Waals surface area contributed by atoms with Gasteiger partial charge in [-0.2, -0.15) is 0 Å². The van der Waals surface area contributed by atoms with Crippen molar-refractivity contribution in [2.75, 3.05) is 0 Å². The molecule has 0 aliphatic carbocycles. The predicted octanol–water partition coefficient (Wildman–Crippen LogP) is 2.93. The second kappa shape index (κ2) is 13.0. The van der Waals surface area contributed by atoms with Gasteiger partial charge in [-0.3, -0.25) is 0 Å². The molecule has 0 saturated carbocycles. The van der Waals surface area contributed by atoms with Crippen molar-refractivity contribution in [2.24, 2.45) is 0 Å². The first-order valence-corrected chi connectivity index (χ1v) is 10.2. The lowest BCUT2D eigenvalue weighted by Crippen LogP contribution is -2.37. The number of hydrogen-bond acceptors (Lipinski definition) is 7. The van der Waals surface area contributed by atoms with Crippen molar-refractivity contribution in [3.8, 4) is 23.0 Å². The standard InChI is InChI=1S/2C13H12O2.CH2O3/c2*14-12-7-3-1-5-10(12)9-11-6-2-4-8-13(11)15;2-1(3)4/h2*1-8,14-15H,9H2;(H2,2,3,4)/p-2. The molecule has 4 aromatic rings. The third kappa shape index (κ3) is 8.47. The maximum Gasteiger partial charge on any atom is 0.119 e. The van der Waals surface area contributed by atoms with Gasteiger partial charge >= 0.3 is 0 Å². The van der Waals surface area contributed by atoms with Crippen LogP contribution < -0.4 is 10.2 Å². The lowest BCUT2D eigenvalue weighted by Gasteiger charge is -2.05. The molecule has 7 heteroatoms. The molecule has 0 amide bonds. The molecule has 0 saturated heterocycles. The molecular formula is C27H24O7-2. The molecule has 4 aromatic carbocycles. The first-order chi connectivity index (χ1) is 16.3. The Labute approximate surface area is 197 Å². The van der Waals surface area contributed by atoms with Gasteiger partial charge in [0.1, 0.15) is 23.0 Å². The van der Waals surface area contributed by atoms with Crippen LogP contribution in [0.3, 0.4) is 0 Å². The number of phenols is 4. The largest absolute Gasteiger partial charge is 0.652 e. The molecule has 0 fully saturated rings. The number of phenolic OH excluding ortho intramolecular Hbond substituents is 4. The summed E-state index contributed by atoms with van der Waals surface area (Å²) in [5.41, 5.74) is 3.27. The summed E-state index contributed by atoms with van der Waals surface area (Å²) < 4.78 is 0. The van der Waals surface area contributed by atoms with Gasteiger partial charge in [0, 0.05) is 12.8 Å². The summed E-state index contributed by atoms with van der Waals surface area (Å²) in [6.45, 7) is 0. The maximum absolute atomic E-state index is 9.58. The second-order valence-corrected chi connectivity index (χ2v) is 7.12. The fraction of sp³-hybridized carbons (Fsp3) is 0.0741. The van der Waals surface area contributed by atoms with Crippen LogP contribution in [0.2, 0.25) is 0 Å². The molecule has 7 nitrogen and oxygen atoms in total. The van der Waals surface area contributed by atoms with Crippen molar-refractivity contribution < 1.29 is 35.4 Å². The number of hydrogen-bond donors (Lipinski definition) is 4. The van der Waals surface area contributed by atoms with Crippen molar-refractivity contribution in [1.29, 1.82) is 0 Å². The van der Waals surface area contributed by atoms with Crippen LogP contribution in [0.25, 0.3) is 0 Å². The van der Waals surface area contributed by atoms with E-state index in [0.29, 0.717) is 12.8 Å². The zero-order valence-corrected chi connectivity index (χ0v) is 18.2. The molecule has 0 spiro atoms. The van der Waals surface area contributed by atoms with Crippen LogP contribution >= 0.6 is 0 Å². The van der Waals surface area contributed by atoms with E-state index in [1.54, 1.807) is 48.5 Å². The summed E-state index contributed by atoms with van der Waals surface area (Å²) in [5.74, 6) is 1.06. The average molecular weight is 460 g/mol. The van der Waals surface area contributed by atoms with Gasteiger partial charge in [0.25, 0.3) is 0 Å². The first kappa shape index (κ1) is 25.6. The molecule has 4 N–H and O–H groups in total. The Hall–Kier alpha value is -4.65. The van der Waals surface area contributed by atoms with Gasteiger partial charge in [-0.1, -0.05) is 72.8 Å². The van der Waals surface area contributed by atoms with Gasteiger partial charge in [0.2, 0.25) is 0 Å². The van der Waals surface area contributed by atoms with Crippen LogP contribution in [0, 0.1) is 0 Å². The molecule has 176 valence electrons. The van der Waals surface area contributed by atoms with Crippen molar-refractivity contribution in [3.05, 3.63) is 119 Å². The molecule has 0 heterocycles. The van der Waals surface area contributed by atoms with Crippen molar-refractivity contribution in [1.82, 2.24) is 0 Å². The minimum Gasteiger partial charge on any atom is -0.652 e. The number of carboxylic acid groups (broad SMARTS) is 2.